The second kappa shape index (κ2) is 4.43. The zero-order valence-electron chi connectivity index (χ0n) is 10.5. The summed E-state index contributed by atoms with van der Waals surface area (Å²) in [6, 6.07) is 9.28. The van der Waals surface area contributed by atoms with Gasteiger partial charge in [-0.05, 0) is 43.9 Å². The van der Waals surface area contributed by atoms with Crippen LogP contribution in [-0.2, 0) is 6.42 Å². The van der Waals surface area contributed by atoms with Gasteiger partial charge in [0.15, 0.2) is 0 Å². The molecule has 0 aromatic heterocycles. The SMILES string of the molecule is CC1CCCCN1C1Cc2ccccc2C1O. The molecule has 1 aliphatic carbocycles. The summed E-state index contributed by atoms with van der Waals surface area (Å²) < 4.78 is 0. The molecule has 0 amide bonds. The van der Waals surface area contributed by atoms with Crippen LogP contribution in [0, 0.1) is 0 Å². The highest BCUT2D eigenvalue weighted by Crippen LogP contribution is 2.36. The van der Waals surface area contributed by atoms with E-state index in [1.54, 1.807) is 0 Å². The van der Waals surface area contributed by atoms with E-state index in [2.05, 4.69) is 30.0 Å². The summed E-state index contributed by atoms with van der Waals surface area (Å²) >= 11 is 0. The number of aliphatic hydroxyl groups is 1. The lowest BCUT2D eigenvalue weighted by Crippen LogP contribution is -2.46. The van der Waals surface area contributed by atoms with Crippen LogP contribution < -0.4 is 0 Å². The molecule has 2 heteroatoms. The van der Waals surface area contributed by atoms with Gasteiger partial charge in [-0.15, -0.1) is 0 Å². The van der Waals surface area contributed by atoms with E-state index in [4.69, 9.17) is 0 Å². The lowest BCUT2D eigenvalue weighted by atomic mass is 9.99. The number of piperidine rings is 1. The number of benzene rings is 1. The fourth-order valence-corrected chi connectivity index (χ4v) is 3.46. The average molecular weight is 231 g/mol. The third-order valence-corrected chi connectivity index (χ3v) is 4.45. The van der Waals surface area contributed by atoms with Crippen molar-refractivity contribution in [2.45, 2.75) is 50.8 Å². The van der Waals surface area contributed by atoms with Gasteiger partial charge >= 0.3 is 0 Å². The topological polar surface area (TPSA) is 23.5 Å². The maximum Gasteiger partial charge on any atom is 0.0951 e. The second-order valence-electron chi connectivity index (χ2n) is 5.50. The predicted molar refractivity (Wildman–Crippen MR) is 68.9 cm³/mol. The van der Waals surface area contributed by atoms with Crippen LogP contribution in [0.4, 0.5) is 0 Å². The molecule has 1 fully saturated rings. The largest absolute Gasteiger partial charge is 0.387 e. The van der Waals surface area contributed by atoms with Crippen LogP contribution in [0.3, 0.4) is 0 Å². The van der Waals surface area contributed by atoms with Gasteiger partial charge in [-0.3, -0.25) is 4.90 Å². The Bertz CT molecular complexity index is 404. The smallest absolute Gasteiger partial charge is 0.0951 e. The summed E-state index contributed by atoms with van der Waals surface area (Å²) in [6.07, 6.45) is 4.63. The molecule has 1 aromatic rings. The minimum atomic E-state index is -0.285. The number of likely N-dealkylation sites (tertiary alicyclic amines) is 1. The van der Waals surface area contributed by atoms with Gasteiger partial charge in [-0.2, -0.15) is 0 Å². The average Bonchev–Trinajstić information content (AvgIpc) is 2.68. The summed E-state index contributed by atoms with van der Waals surface area (Å²) in [6.45, 7) is 3.45. The first-order valence-electron chi connectivity index (χ1n) is 6.79. The third kappa shape index (κ3) is 1.90. The molecule has 3 rings (SSSR count). The summed E-state index contributed by atoms with van der Waals surface area (Å²) in [5, 5.41) is 10.5. The predicted octanol–water partition coefficient (Wildman–Crippen LogP) is 2.52. The van der Waals surface area contributed by atoms with Crippen LogP contribution in [0.5, 0.6) is 0 Å². The Hall–Kier alpha value is -0.860. The van der Waals surface area contributed by atoms with Crippen LogP contribution in [0.25, 0.3) is 0 Å². The Morgan fingerprint density at radius 2 is 2.06 bits per heavy atom. The Balaban J connectivity index is 1.83. The van der Waals surface area contributed by atoms with Crippen molar-refractivity contribution < 1.29 is 5.11 Å². The van der Waals surface area contributed by atoms with E-state index < -0.39 is 0 Å². The molecular weight excluding hydrogens is 210 g/mol. The number of nitrogens with zero attached hydrogens (tertiary/aromatic N) is 1. The molecule has 1 N–H and O–H groups in total. The van der Waals surface area contributed by atoms with Gasteiger partial charge < -0.3 is 5.11 Å². The van der Waals surface area contributed by atoms with Gasteiger partial charge in [0.2, 0.25) is 0 Å². The molecule has 0 spiro atoms. The fourth-order valence-electron chi connectivity index (χ4n) is 3.46. The number of fused-ring (bicyclic) bond motifs is 1. The van der Waals surface area contributed by atoms with Crippen molar-refractivity contribution in [3.63, 3.8) is 0 Å². The quantitative estimate of drug-likeness (QED) is 0.803. The van der Waals surface area contributed by atoms with Crippen LogP contribution in [-0.4, -0.2) is 28.6 Å². The molecule has 3 atom stereocenters. The van der Waals surface area contributed by atoms with E-state index in [0.29, 0.717) is 12.1 Å². The van der Waals surface area contributed by atoms with E-state index in [1.807, 2.05) is 6.07 Å². The van der Waals surface area contributed by atoms with Crippen molar-refractivity contribution in [1.82, 2.24) is 4.90 Å². The highest BCUT2D eigenvalue weighted by atomic mass is 16.3. The van der Waals surface area contributed by atoms with E-state index in [0.717, 1.165) is 18.5 Å². The highest BCUT2D eigenvalue weighted by Gasteiger charge is 2.37. The van der Waals surface area contributed by atoms with Crippen molar-refractivity contribution in [2.75, 3.05) is 6.54 Å². The monoisotopic (exact) mass is 231 g/mol. The van der Waals surface area contributed by atoms with E-state index >= 15 is 0 Å². The van der Waals surface area contributed by atoms with Crippen molar-refractivity contribution >= 4 is 0 Å². The molecular formula is C15H21NO. The first kappa shape index (κ1) is 11.2. The lowest BCUT2D eigenvalue weighted by Gasteiger charge is -2.39. The van der Waals surface area contributed by atoms with Crippen molar-refractivity contribution in [1.29, 1.82) is 0 Å². The Morgan fingerprint density at radius 1 is 1.24 bits per heavy atom. The van der Waals surface area contributed by atoms with Gasteiger partial charge in [0, 0.05) is 12.1 Å². The molecule has 1 aromatic carbocycles. The first-order chi connectivity index (χ1) is 8.27. The molecule has 2 aliphatic rings. The maximum absolute atomic E-state index is 10.5. The van der Waals surface area contributed by atoms with Gasteiger partial charge in [0.05, 0.1) is 6.10 Å². The molecule has 3 unspecified atom stereocenters. The molecule has 1 heterocycles. The fraction of sp³-hybridized carbons (Fsp3) is 0.600. The van der Waals surface area contributed by atoms with Gasteiger partial charge in [0.25, 0.3) is 0 Å². The normalized spacial score (nSPS) is 33.6. The molecule has 0 saturated carbocycles. The van der Waals surface area contributed by atoms with E-state index in [-0.39, 0.29) is 6.10 Å². The third-order valence-electron chi connectivity index (χ3n) is 4.45. The summed E-state index contributed by atoms with van der Waals surface area (Å²) in [5.41, 5.74) is 2.48. The number of hydrogen-bond donors (Lipinski definition) is 1. The molecule has 17 heavy (non-hydrogen) atoms. The summed E-state index contributed by atoms with van der Waals surface area (Å²) in [4.78, 5) is 2.52. The van der Waals surface area contributed by atoms with E-state index in [1.165, 1.54) is 24.8 Å². The Labute approximate surface area is 103 Å². The summed E-state index contributed by atoms with van der Waals surface area (Å²) in [7, 11) is 0. The standard InChI is InChI=1S/C15H21NO/c1-11-6-4-5-9-16(11)14-10-12-7-2-3-8-13(12)15(14)17/h2-3,7-8,11,14-15,17H,4-6,9-10H2,1H3. The number of hydrogen-bond acceptors (Lipinski definition) is 2. The molecule has 1 saturated heterocycles. The molecule has 1 aliphatic heterocycles. The van der Waals surface area contributed by atoms with Crippen molar-refractivity contribution in [3.05, 3.63) is 35.4 Å². The Kier molecular flexibility index (Phi) is 2.93. The minimum Gasteiger partial charge on any atom is -0.387 e. The van der Waals surface area contributed by atoms with Crippen molar-refractivity contribution in [2.24, 2.45) is 0 Å². The number of aliphatic hydroxyl groups excluding tert-OH is 1. The van der Waals surface area contributed by atoms with Gasteiger partial charge in [-0.1, -0.05) is 30.7 Å². The highest BCUT2D eigenvalue weighted by molar-refractivity contribution is 5.36. The summed E-state index contributed by atoms with van der Waals surface area (Å²) in [5.74, 6) is 0. The zero-order valence-corrected chi connectivity index (χ0v) is 10.5. The van der Waals surface area contributed by atoms with E-state index in [9.17, 15) is 5.11 Å². The molecule has 0 radical (unpaired) electrons. The van der Waals surface area contributed by atoms with Gasteiger partial charge in [0.1, 0.15) is 0 Å². The van der Waals surface area contributed by atoms with Crippen LogP contribution in [0.15, 0.2) is 24.3 Å². The molecule has 0 bridgehead atoms. The van der Waals surface area contributed by atoms with Crippen LogP contribution >= 0.6 is 0 Å². The minimum absolute atomic E-state index is 0.285. The first-order valence-corrected chi connectivity index (χ1v) is 6.79. The molecule has 92 valence electrons. The second-order valence-corrected chi connectivity index (χ2v) is 5.50. The molecule has 2 nitrogen and oxygen atoms in total. The zero-order chi connectivity index (χ0) is 11.8. The van der Waals surface area contributed by atoms with Crippen LogP contribution in [0.1, 0.15) is 43.4 Å². The Morgan fingerprint density at radius 3 is 2.82 bits per heavy atom. The van der Waals surface area contributed by atoms with Gasteiger partial charge in [-0.25, -0.2) is 0 Å². The number of rotatable bonds is 1. The van der Waals surface area contributed by atoms with Crippen LogP contribution in [0.2, 0.25) is 0 Å². The lowest BCUT2D eigenvalue weighted by molar-refractivity contribution is 0.0221. The maximum atomic E-state index is 10.5. The van der Waals surface area contributed by atoms with Crippen molar-refractivity contribution in [3.8, 4) is 0 Å².